The molecule has 0 aliphatic carbocycles. The summed E-state index contributed by atoms with van der Waals surface area (Å²) in [4.78, 5) is 31.9. The number of methoxy groups -OCH3 is 1. The number of rotatable bonds is 5. The molecule has 6 nitrogen and oxygen atoms in total. The van der Waals surface area contributed by atoms with E-state index in [2.05, 4.69) is 4.98 Å². The fourth-order valence-electron chi connectivity index (χ4n) is 3.58. The minimum absolute atomic E-state index is 0.0397. The summed E-state index contributed by atoms with van der Waals surface area (Å²) in [5, 5.41) is 0. The van der Waals surface area contributed by atoms with Gasteiger partial charge in [0.05, 0.1) is 13.2 Å². The number of hydrogen-bond donors (Lipinski definition) is 0. The van der Waals surface area contributed by atoms with Gasteiger partial charge in [0, 0.05) is 57.4 Å². The molecule has 0 aromatic carbocycles. The maximum absolute atomic E-state index is 12.6. The van der Waals surface area contributed by atoms with E-state index in [4.69, 9.17) is 4.74 Å². The molecule has 2 fully saturated rings. The van der Waals surface area contributed by atoms with E-state index in [1.807, 2.05) is 17.0 Å². The average molecular weight is 317 g/mol. The topological polar surface area (TPSA) is 62.7 Å². The first kappa shape index (κ1) is 15.9. The Morgan fingerprint density at radius 2 is 2.13 bits per heavy atom. The molecule has 0 N–H and O–H groups in total. The molecular formula is C17H23N3O3. The third-order valence-corrected chi connectivity index (χ3v) is 4.81. The summed E-state index contributed by atoms with van der Waals surface area (Å²) < 4.78 is 5.34. The first-order valence-electron chi connectivity index (χ1n) is 8.13. The molecule has 0 radical (unpaired) electrons. The van der Waals surface area contributed by atoms with Gasteiger partial charge < -0.3 is 14.5 Å². The van der Waals surface area contributed by atoms with Gasteiger partial charge in [-0.15, -0.1) is 0 Å². The van der Waals surface area contributed by atoms with Crippen LogP contribution in [0.5, 0.6) is 0 Å². The normalized spacial score (nSPS) is 24.5. The Balaban J connectivity index is 1.67. The minimum Gasteiger partial charge on any atom is -0.384 e. The zero-order valence-corrected chi connectivity index (χ0v) is 13.5. The number of amides is 2. The molecular weight excluding hydrogens is 294 g/mol. The van der Waals surface area contributed by atoms with Crippen LogP contribution in [0.1, 0.15) is 24.3 Å². The van der Waals surface area contributed by atoms with Crippen LogP contribution < -0.4 is 0 Å². The Kier molecular flexibility index (Phi) is 4.91. The number of nitrogens with zero attached hydrogens (tertiary/aromatic N) is 3. The fourth-order valence-corrected chi connectivity index (χ4v) is 3.58. The summed E-state index contributed by atoms with van der Waals surface area (Å²) in [6.07, 6.45) is 5.00. The largest absolute Gasteiger partial charge is 0.384 e. The van der Waals surface area contributed by atoms with Crippen LogP contribution in [0.2, 0.25) is 0 Å². The molecule has 2 atom stereocenters. The molecule has 0 unspecified atom stereocenters. The first-order chi connectivity index (χ1) is 11.2. The van der Waals surface area contributed by atoms with Crippen molar-refractivity contribution in [3.63, 3.8) is 0 Å². The van der Waals surface area contributed by atoms with Crippen molar-refractivity contribution in [2.45, 2.75) is 18.8 Å². The van der Waals surface area contributed by atoms with Gasteiger partial charge in [0.25, 0.3) is 0 Å². The number of ether oxygens (including phenoxy) is 1. The lowest BCUT2D eigenvalue weighted by Crippen LogP contribution is -2.40. The highest BCUT2D eigenvalue weighted by Crippen LogP contribution is 2.32. The van der Waals surface area contributed by atoms with Crippen molar-refractivity contribution in [3.05, 3.63) is 30.1 Å². The lowest BCUT2D eigenvalue weighted by molar-refractivity contribution is -0.137. The van der Waals surface area contributed by atoms with Gasteiger partial charge in [0.2, 0.25) is 11.8 Å². The van der Waals surface area contributed by atoms with Crippen LogP contribution in [0.25, 0.3) is 0 Å². The first-order valence-corrected chi connectivity index (χ1v) is 8.13. The van der Waals surface area contributed by atoms with E-state index in [1.54, 1.807) is 24.4 Å². The van der Waals surface area contributed by atoms with E-state index in [-0.39, 0.29) is 30.2 Å². The molecule has 3 rings (SSSR count). The van der Waals surface area contributed by atoms with Crippen LogP contribution in [0.4, 0.5) is 0 Å². The predicted octanol–water partition coefficient (Wildman–Crippen LogP) is 0.892. The molecule has 2 saturated heterocycles. The number of pyridine rings is 1. The lowest BCUT2D eigenvalue weighted by Gasteiger charge is -2.21. The van der Waals surface area contributed by atoms with Gasteiger partial charge in [-0.25, -0.2) is 0 Å². The van der Waals surface area contributed by atoms with Gasteiger partial charge in [-0.1, -0.05) is 0 Å². The smallest absolute Gasteiger partial charge is 0.242 e. The summed E-state index contributed by atoms with van der Waals surface area (Å²) in [6.45, 7) is 2.90. The van der Waals surface area contributed by atoms with Gasteiger partial charge in [-0.05, 0) is 24.1 Å². The van der Waals surface area contributed by atoms with Gasteiger partial charge in [0.1, 0.15) is 0 Å². The summed E-state index contributed by atoms with van der Waals surface area (Å²) in [5.74, 6) is 0.673. The molecule has 23 heavy (non-hydrogen) atoms. The van der Waals surface area contributed by atoms with Gasteiger partial charge in [-0.2, -0.15) is 0 Å². The van der Waals surface area contributed by atoms with Crippen molar-refractivity contribution in [1.82, 2.24) is 14.8 Å². The highest BCUT2D eigenvalue weighted by Gasteiger charge is 2.37. The van der Waals surface area contributed by atoms with Crippen LogP contribution in [0.3, 0.4) is 0 Å². The van der Waals surface area contributed by atoms with Crippen LogP contribution in [-0.2, 0) is 14.3 Å². The zero-order valence-electron chi connectivity index (χ0n) is 13.5. The molecule has 1 aromatic rings. The predicted molar refractivity (Wildman–Crippen MR) is 84.7 cm³/mol. The number of carbonyl (C=O) groups is 2. The van der Waals surface area contributed by atoms with Crippen LogP contribution in [0.15, 0.2) is 24.5 Å². The maximum atomic E-state index is 12.6. The molecule has 2 aliphatic rings. The monoisotopic (exact) mass is 317 g/mol. The van der Waals surface area contributed by atoms with E-state index < -0.39 is 0 Å². The maximum Gasteiger partial charge on any atom is 0.242 e. The lowest BCUT2D eigenvalue weighted by atomic mass is 9.90. The van der Waals surface area contributed by atoms with E-state index in [0.717, 1.165) is 6.42 Å². The highest BCUT2D eigenvalue weighted by atomic mass is 16.5. The highest BCUT2D eigenvalue weighted by molar-refractivity contribution is 5.86. The van der Waals surface area contributed by atoms with Crippen LogP contribution in [0, 0.1) is 5.92 Å². The van der Waals surface area contributed by atoms with Crippen molar-refractivity contribution in [2.75, 3.05) is 39.9 Å². The second-order valence-electron chi connectivity index (χ2n) is 6.32. The number of aromatic nitrogens is 1. The fraction of sp³-hybridized carbons (Fsp3) is 0.588. The third kappa shape index (κ3) is 3.52. The molecule has 6 heteroatoms. The summed E-state index contributed by atoms with van der Waals surface area (Å²) in [7, 11) is 1.69. The average Bonchev–Trinajstić information content (AvgIpc) is 3.16. The molecule has 3 heterocycles. The molecule has 1 aromatic heterocycles. The van der Waals surface area contributed by atoms with Crippen molar-refractivity contribution in [1.29, 1.82) is 0 Å². The molecule has 124 valence electrons. The van der Waals surface area contributed by atoms with E-state index in [1.165, 1.54) is 5.56 Å². The quantitative estimate of drug-likeness (QED) is 0.809. The van der Waals surface area contributed by atoms with Gasteiger partial charge in [-0.3, -0.25) is 14.6 Å². The Labute approximate surface area is 136 Å². The van der Waals surface area contributed by atoms with E-state index in [9.17, 15) is 9.59 Å². The number of likely N-dealkylation sites (tertiary alicyclic amines) is 2. The van der Waals surface area contributed by atoms with Crippen molar-refractivity contribution < 1.29 is 14.3 Å². The SMILES string of the molecule is COC[C@@H]1CN(C(=O)CN2CCCC2=O)C[C@H]1c1ccncc1. The Morgan fingerprint density at radius 1 is 1.35 bits per heavy atom. The molecule has 0 bridgehead atoms. The van der Waals surface area contributed by atoms with Gasteiger partial charge in [0.15, 0.2) is 0 Å². The van der Waals surface area contributed by atoms with E-state index in [0.29, 0.717) is 32.7 Å². The second kappa shape index (κ2) is 7.08. The summed E-state index contributed by atoms with van der Waals surface area (Å²) in [6, 6.07) is 4.01. The minimum atomic E-state index is 0.0397. The molecule has 0 saturated carbocycles. The van der Waals surface area contributed by atoms with Gasteiger partial charge >= 0.3 is 0 Å². The molecule has 2 aliphatic heterocycles. The molecule has 0 spiro atoms. The Hall–Kier alpha value is -1.95. The Morgan fingerprint density at radius 3 is 2.78 bits per heavy atom. The Bertz CT molecular complexity index is 563. The summed E-state index contributed by atoms with van der Waals surface area (Å²) in [5.41, 5.74) is 1.19. The number of hydrogen-bond acceptors (Lipinski definition) is 4. The van der Waals surface area contributed by atoms with Crippen molar-refractivity contribution in [3.8, 4) is 0 Å². The second-order valence-corrected chi connectivity index (χ2v) is 6.32. The zero-order chi connectivity index (χ0) is 16.2. The third-order valence-electron chi connectivity index (χ3n) is 4.81. The molecule has 2 amide bonds. The van der Waals surface area contributed by atoms with Crippen LogP contribution >= 0.6 is 0 Å². The van der Waals surface area contributed by atoms with E-state index >= 15 is 0 Å². The number of carbonyl (C=O) groups excluding carboxylic acids is 2. The summed E-state index contributed by atoms with van der Waals surface area (Å²) >= 11 is 0. The van der Waals surface area contributed by atoms with Crippen molar-refractivity contribution >= 4 is 11.8 Å². The van der Waals surface area contributed by atoms with Crippen LogP contribution in [-0.4, -0.2) is 66.5 Å². The standard InChI is InChI=1S/C17H23N3O3/c1-23-12-14-9-20(10-15(14)13-4-6-18-7-5-13)17(22)11-19-8-2-3-16(19)21/h4-7,14-15H,2-3,8-12H2,1H3/t14-,15-/m0/s1. The van der Waals surface area contributed by atoms with Crippen molar-refractivity contribution in [2.24, 2.45) is 5.92 Å².